The Labute approximate surface area is 480 Å². The molecule has 0 aliphatic carbocycles. The maximum absolute atomic E-state index is 12.7. The van der Waals surface area contributed by atoms with Crippen LogP contribution in [-0.2, 0) is 0 Å². The zero-order valence-electron chi connectivity index (χ0n) is 42.4. The zero-order valence-corrected chi connectivity index (χ0v) is 48.9. The Morgan fingerprint density at radius 3 is 0.974 bits per heavy atom. The molecule has 16 heteroatoms. The fraction of sp³-hybridized carbons (Fsp3) is 0.0968. The van der Waals surface area contributed by atoms with Gasteiger partial charge in [0.1, 0.15) is 0 Å². The fourth-order valence-electron chi connectivity index (χ4n) is 9.59. The van der Waals surface area contributed by atoms with E-state index in [0.29, 0.717) is 33.4 Å². The van der Waals surface area contributed by atoms with Crippen LogP contribution in [0.15, 0.2) is 133 Å². The highest BCUT2D eigenvalue weighted by Crippen LogP contribution is 2.49. The number of carbonyl (C=O) groups is 4. The maximum atomic E-state index is 12.7. The minimum absolute atomic E-state index is 0.0956. The predicted octanol–water partition coefficient (Wildman–Crippen LogP) is 20.2. The van der Waals surface area contributed by atoms with Crippen molar-refractivity contribution in [3.8, 4) is 82.2 Å². The number of benzene rings is 4. The Balaban J connectivity index is 0.000000166. The predicted molar refractivity (Wildman–Crippen MR) is 331 cm³/mol. The lowest BCUT2D eigenvalue weighted by molar-refractivity contribution is 0.0681. The zero-order chi connectivity index (χ0) is 54.8. The van der Waals surface area contributed by atoms with E-state index in [1.807, 2.05) is 111 Å². The van der Waals surface area contributed by atoms with E-state index in [9.17, 15) is 39.6 Å². The van der Waals surface area contributed by atoms with Crippen LogP contribution in [0.1, 0.15) is 73.4 Å². The normalized spacial score (nSPS) is 11.4. The quantitative estimate of drug-likeness (QED) is 0.0945. The van der Waals surface area contributed by atoms with E-state index in [2.05, 4.69) is 38.1 Å². The number of aromatic carboxylic acids is 4. The number of carboxylic acids is 4. The molecule has 0 saturated heterocycles. The van der Waals surface area contributed by atoms with Crippen LogP contribution in [0, 0.1) is 41.5 Å². The van der Waals surface area contributed by atoms with Crippen molar-refractivity contribution in [2.24, 2.45) is 0 Å². The van der Waals surface area contributed by atoms with Crippen LogP contribution in [0.2, 0.25) is 0 Å². The second-order valence-electron chi connectivity index (χ2n) is 18.7. The molecule has 4 aromatic carbocycles. The summed E-state index contributed by atoms with van der Waals surface area (Å²) in [5.74, 6) is -4.31. The van der Waals surface area contributed by atoms with Gasteiger partial charge in [0, 0.05) is 99.6 Å². The van der Waals surface area contributed by atoms with Crippen LogP contribution < -0.4 is 0 Å². The van der Waals surface area contributed by atoms with Crippen molar-refractivity contribution in [1.82, 2.24) is 0 Å². The van der Waals surface area contributed by atoms with Crippen molar-refractivity contribution in [3.63, 3.8) is 0 Å². The summed E-state index contributed by atoms with van der Waals surface area (Å²) in [4.78, 5) is 62.0. The molecule has 12 rings (SSSR count). The largest absolute Gasteiger partial charge is 0.478 e. The molecule has 0 bridgehead atoms. The van der Waals surface area contributed by atoms with E-state index in [1.165, 1.54) is 86.0 Å². The van der Waals surface area contributed by atoms with Gasteiger partial charge in [0.2, 0.25) is 0 Å². The van der Waals surface area contributed by atoms with Crippen molar-refractivity contribution in [2.75, 3.05) is 0 Å². The summed E-state index contributed by atoms with van der Waals surface area (Å²) in [6.07, 6.45) is 0. The first kappa shape index (κ1) is 52.9. The van der Waals surface area contributed by atoms with Crippen molar-refractivity contribution < 1.29 is 39.6 Å². The molecule has 0 spiro atoms. The number of aryl methyl sites for hydroxylation is 4. The molecule has 0 atom stereocenters. The highest BCUT2D eigenvalue weighted by Gasteiger charge is 2.30. The number of hydrogen-bond acceptors (Lipinski definition) is 12. The average molecular weight is 1170 g/mol. The molecule has 8 heterocycles. The van der Waals surface area contributed by atoms with Gasteiger partial charge in [-0.25, -0.2) is 19.2 Å². The second kappa shape index (κ2) is 21.3. The minimum atomic E-state index is -1.08. The lowest BCUT2D eigenvalue weighted by Crippen LogP contribution is -2.12. The molecule has 0 saturated carbocycles. The van der Waals surface area contributed by atoms with Gasteiger partial charge in [-0.05, 0) is 149 Å². The van der Waals surface area contributed by atoms with E-state index in [1.54, 1.807) is 59.2 Å². The molecule has 4 N–H and O–H groups in total. The van der Waals surface area contributed by atoms with E-state index in [-0.39, 0.29) is 22.3 Å². The summed E-state index contributed by atoms with van der Waals surface area (Å²) in [5.41, 5.74) is 7.56. The van der Waals surface area contributed by atoms with Gasteiger partial charge in [0.05, 0.1) is 22.3 Å². The summed E-state index contributed by atoms with van der Waals surface area (Å²) in [6.45, 7) is 11.7. The number of carboxylic acid groups (broad SMARTS) is 4. The van der Waals surface area contributed by atoms with Crippen molar-refractivity contribution in [3.05, 3.63) is 188 Å². The van der Waals surface area contributed by atoms with Gasteiger partial charge in [-0.15, -0.1) is 90.7 Å². The number of fused-ring (bicyclic) bond motifs is 2. The average Bonchev–Trinajstić information content (AvgIpc) is 4.37. The van der Waals surface area contributed by atoms with Crippen LogP contribution >= 0.6 is 90.7 Å². The van der Waals surface area contributed by atoms with E-state index >= 15 is 0 Å². The first-order chi connectivity index (χ1) is 37.4. The van der Waals surface area contributed by atoms with E-state index in [4.69, 9.17) is 0 Å². The number of rotatable bonds is 12. The lowest BCUT2D eigenvalue weighted by Gasteiger charge is -2.19. The summed E-state index contributed by atoms with van der Waals surface area (Å²) >= 11 is 12.9. The van der Waals surface area contributed by atoms with Gasteiger partial charge < -0.3 is 20.4 Å². The second-order valence-corrected chi connectivity index (χ2v) is 27.8. The highest BCUT2D eigenvalue weighted by atomic mass is 32.1. The minimum Gasteiger partial charge on any atom is -0.478 e. The Bertz CT molecular complexity index is 4010. The third kappa shape index (κ3) is 10.1. The maximum Gasteiger partial charge on any atom is 0.336 e. The monoisotopic (exact) mass is 1170 g/mol. The molecule has 0 aliphatic rings. The van der Waals surface area contributed by atoms with Crippen molar-refractivity contribution >= 4 is 133 Å². The number of thiophene rings is 8. The molecule has 12 aromatic rings. The van der Waals surface area contributed by atoms with Crippen LogP contribution in [0.3, 0.4) is 0 Å². The molecule has 78 heavy (non-hydrogen) atoms. The molecular formula is C62H44O8S8. The van der Waals surface area contributed by atoms with Gasteiger partial charge >= 0.3 is 23.9 Å². The van der Waals surface area contributed by atoms with Gasteiger partial charge in [-0.2, -0.15) is 0 Å². The van der Waals surface area contributed by atoms with Gasteiger partial charge in [0.15, 0.2) is 0 Å². The summed E-state index contributed by atoms with van der Waals surface area (Å²) in [6, 6.07) is 43.5. The van der Waals surface area contributed by atoms with Gasteiger partial charge in [-0.1, -0.05) is 59.7 Å². The molecule has 0 unspecified atom stereocenters. The van der Waals surface area contributed by atoms with Gasteiger partial charge in [0.25, 0.3) is 0 Å². The molecular weight excluding hydrogens is 1130 g/mol. The van der Waals surface area contributed by atoms with Crippen LogP contribution in [0.4, 0.5) is 0 Å². The van der Waals surface area contributed by atoms with Crippen LogP contribution in [0.25, 0.3) is 101 Å². The molecule has 8 nitrogen and oxygen atoms in total. The molecule has 0 radical (unpaired) electrons. The Morgan fingerprint density at radius 2 is 0.628 bits per heavy atom. The first-order valence-electron chi connectivity index (χ1n) is 24.2. The molecule has 388 valence electrons. The Hall–Kier alpha value is -7.12. The lowest BCUT2D eigenvalue weighted by atomic mass is 9.86. The third-order valence-electron chi connectivity index (χ3n) is 13.3. The first-order valence-corrected chi connectivity index (χ1v) is 30.8. The van der Waals surface area contributed by atoms with E-state index in [0.717, 1.165) is 71.0 Å². The van der Waals surface area contributed by atoms with Crippen molar-refractivity contribution in [2.45, 2.75) is 41.5 Å². The molecule has 0 fully saturated rings. The van der Waals surface area contributed by atoms with Crippen LogP contribution in [0.5, 0.6) is 0 Å². The topological polar surface area (TPSA) is 149 Å². The van der Waals surface area contributed by atoms with Crippen LogP contribution in [-0.4, -0.2) is 44.3 Å². The van der Waals surface area contributed by atoms with E-state index < -0.39 is 23.9 Å². The fourth-order valence-corrected chi connectivity index (χ4v) is 18.7. The van der Waals surface area contributed by atoms with Gasteiger partial charge in [-0.3, -0.25) is 0 Å². The number of hydrogen-bond donors (Lipinski definition) is 4. The smallest absolute Gasteiger partial charge is 0.336 e. The summed E-state index contributed by atoms with van der Waals surface area (Å²) < 4.78 is 4.96. The molecule has 0 amide bonds. The Morgan fingerprint density at radius 1 is 0.308 bits per heavy atom. The third-order valence-corrected chi connectivity index (χ3v) is 22.7. The standard InChI is InChI=1S/C32H26O4S2.C30H18O4S6/c1-17-5-9-21(10-6-17)23-13-15-25(37-23)27-19(3)30(32(35)36)28(20(4)29(27)31(33)34)26-16-14-24(38-26)22-11-7-18(2)8-12-22;1-13-7-23-27(35-13)11-25(39-23)21-5-3-19(37-21)15-9-18(30(33)34)16(10-17(15)29(31)32)20-4-6-22(38-20)26-12-28-24(40-26)8-14(2)36-28/h5-16H,1-4H3,(H,33,34)(H,35,36);3-12H,1-2H3,(H,31,32)(H,33,34). The summed E-state index contributed by atoms with van der Waals surface area (Å²) in [5, 5.41) is 41.1. The SMILES string of the molecule is Cc1cc2sc(-c3ccc(-c4cc(C(=O)O)c(-c5ccc(-c6cc7sc(C)cc7s6)s5)cc4C(=O)O)s3)cc2s1.Cc1ccc(-c2ccc(-c3c(C)c(C(=O)O)c(-c4ccc(-c5ccc(C)cc5)s4)c(C)c3C(=O)O)s2)cc1. The molecule has 0 aliphatic heterocycles. The van der Waals surface area contributed by atoms with Crippen molar-refractivity contribution in [1.29, 1.82) is 0 Å². The molecule has 8 aromatic heterocycles. The summed E-state index contributed by atoms with van der Waals surface area (Å²) in [7, 11) is 0. The highest BCUT2D eigenvalue weighted by molar-refractivity contribution is 7.32. The Kier molecular flexibility index (Phi) is 14.4.